The van der Waals surface area contributed by atoms with Gasteiger partial charge in [-0.25, -0.2) is 14.2 Å². The van der Waals surface area contributed by atoms with E-state index in [1.165, 1.54) is 22.0 Å². The highest BCUT2D eigenvalue weighted by molar-refractivity contribution is 6.03. The zero-order valence-electron chi connectivity index (χ0n) is 18.1. The summed E-state index contributed by atoms with van der Waals surface area (Å²) in [5.41, 5.74) is 2.22. The van der Waals surface area contributed by atoms with Crippen molar-refractivity contribution in [2.24, 2.45) is 5.10 Å². The molecule has 1 atom stereocenters. The number of urea groups is 1. The number of amides is 3. The van der Waals surface area contributed by atoms with E-state index in [9.17, 15) is 14.0 Å². The molecule has 2 aromatic rings. The van der Waals surface area contributed by atoms with Crippen LogP contribution in [0.2, 0.25) is 0 Å². The van der Waals surface area contributed by atoms with Crippen molar-refractivity contribution in [3.63, 3.8) is 0 Å². The molecule has 1 N–H and O–H groups in total. The minimum atomic E-state index is -0.398. The summed E-state index contributed by atoms with van der Waals surface area (Å²) in [6.45, 7) is 3.57. The van der Waals surface area contributed by atoms with Crippen LogP contribution in [0.3, 0.4) is 0 Å². The van der Waals surface area contributed by atoms with E-state index in [-0.39, 0.29) is 30.3 Å². The number of halogens is 1. The zero-order valence-corrected chi connectivity index (χ0v) is 18.1. The lowest BCUT2D eigenvalue weighted by Gasteiger charge is -2.26. The van der Waals surface area contributed by atoms with Crippen molar-refractivity contribution in [3.8, 4) is 5.75 Å². The van der Waals surface area contributed by atoms with Gasteiger partial charge >= 0.3 is 6.03 Å². The fourth-order valence-electron chi connectivity index (χ4n) is 3.45. The molecule has 31 heavy (non-hydrogen) atoms. The van der Waals surface area contributed by atoms with Crippen LogP contribution >= 0.6 is 0 Å². The summed E-state index contributed by atoms with van der Waals surface area (Å²) in [4.78, 5) is 26.7. The van der Waals surface area contributed by atoms with Crippen LogP contribution in [0.15, 0.2) is 53.6 Å². The Labute approximate surface area is 181 Å². The second-order valence-corrected chi connectivity index (χ2v) is 7.71. The average molecular weight is 426 g/mol. The molecule has 3 rings (SSSR count). The van der Waals surface area contributed by atoms with Crippen LogP contribution < -0.4 is 10.1 Å². The van der Waals surface area contributed by atoms with Crippen molar-refractivity contribution in [3.05, 3.63) is 65.5 Å². The highest BCUT2D eigenvalue weighted by Gasteiger charge is 2.35. The average Bonchev–Trinajstić information content (AvgIpc) is 3.19. The Bertz CT molecular complexity index is 975. The van der Waals surface area contributed by atoms with Crippen molar-refractivity contribution in [2.45, 2.75) is 32.4 Å². The van der Waals surface area contributed by atoms with Gasteiger partial charge in [-0.05, 0) is 37.6 Å². The SMILES string of the molecule is COc1ccccc1[C@H]1CC(c2ccc(F)cc2)=NN1C(=O)CN(C)C(=O)NC(C)C. The third-order valence-corrected chi connectivity index (χ3v) is 4.97. The maximum atomic E-state index is 13.4. The zero-order chi connectivity index (χ0) is 22.5. The first-order valence-electron chi connectivity index (χ1n) is 10.1. The number of hydrogen-bond donors (Lipinski definition) is 1. The molecule has 2 aromatic carbocycles. The highest BCUT2D eigenvalue weighted by atomic mass is 19.1. The summed E-state index contributed by atoms with van der Waals surface area (Å²) in [6, 6.07) is 12.7. The van der Waals surface area contributed by atoms with Crippen molar-refractivity contribution >= 4 is 17.6 Å². The number of carbonyl (C=O) groups is 2. The summed E-state index contributed by atoms with van der Waals surface area (Å²) in [5.74, 6) is -0.0180. The quantitative estimate of drug-likeness (QED) is 0.768. The Morgan fingerprint density at radius 2 is 1.90 bits per heavy atom. The largest absolute Gasteiger partial charge is 0.496 e. The van der Waals surface area contributed by atoms with E-state index in [0.717, 1.165) is 11.1 Å². The lowest BCUT2D eigenvalue weighted by atomic mass is 9.97. The molecular formula is C23H27FN4O3. The summed E-state index contributed by atoms with van der Waals surface area (Å²) in [7, 11) is 3.14. The van der Waals surface area contributed by atoms with Gasteiger partial charge in [0.15, 0.2) is 0 Å². The number of ether oxygens (including phenoxy) is 1. The molecule has 0 saturated carbocycles. The molecule has 164 valence electrons. The predicted molar refractivity (Wildman–Crippen MR) is 116 cm³/mol. The molecule has 0 bridgehead atoms. The standard InChI is InChI=1S/C23H27FN4O3/c1-15(2)25-23(30)27(3)14-22(29)28-20(18-7-5-6-8-21(18)31-4)13-19(26-28)16-9-11-17(24)12-10-16/h5-12,15,20H,13-14H2,1-4H3,(H,25,30)/t20-/m1/s1. The molecule has 0 spiro atoms. The van der Waals surface area contributed by atoms with Crippen LogP contribution in [0, 0.1) is 5.82 Å². The fourth-order valence-corrected chi connectivity index (χ4v) is 3.45. The van der Waals surface area contributed by atoms with E-state index in [2.05, 4.69) is 10.4 Å². The Morgan fingerprint density at radius 3 is 2.55 bits per heavy atom. The van der Waals surface area contributed by atoms with Gasteiger partial charge in [-0.2, -0.15) is 5.10 Å². The number of hydrogen-bond acceptors (Lipinski definition) is 4. The molecule has 8 heteroatoms. The number of benzene rings is 2. The summed E-state index contributed by atoms with van der Waals surface area (Å²) >= 11 is 0. The first-order valence-corrected chi connectivity index (χ1v) is 10.1. The molecule has 0 fully saturated rings. The van der Waals surface area contributed by atoms with Gasteiger partial charge in [-0.3, -0.25) is 4.79 Å². The van der Waals surface area contributed by atoms with E-state index >= 15 is 0 Å². The van der Waals surface area contributed by atoms with E-state index in [1.807, 2.05) is 38.1 Å². The third kappa shape index (κ3) is 5.20. The van der Waals surface area contributed by atoms with Gasteiger partial charge in [-0.1, -0.05) is 30.3 Å². The molecule has 1 aliphatic heterocycles. The van der Waals surface area contributed by atoms with E-state index in [1.54, 1.807) is 26.3 Å². The lowest BCUT2D eigenvalue weighted by Crippen LogP contribution is -2.45. The maximum absolute atomic E-state index is 13.4. The molecule has 0 saturated heterocycles. The Balaban J connectivity index is 1.90. The molecule has 0 aliphatic carbocycles. The van der Waals surface area contributed by atoms with E-state index in [4.69, 9.17) is 4.74 Å². The van der Waals surface area contributed by atoms with Crippen LogP contribution in [0.25, 0.3) is 0 Å². The Morgan fingerprint density at radius 1 is 1.23 bits per heavy atom. The van der Waals surface area contributed by atoms with Crippen LogP contribution in [-0.4, -0.2) is 54.3 Å². The summed E-state index contributed by atoms with van der Waals surface area (Å²) in [6.07, 6.45) is 0.444. The Hall–Kier alpha value is -3.42. The maximum Gasteiger partial charge on any atom is 0.317 e. The fraction of sp³-hybridized carbons (Fsp3) is 0.348. The molecule has 0 aromatic heterocycles. The molecule has 0 radical (unpaired) electrons. The van der Waals surface area contributed by atoms with Crippen molar-refractivity contribution < 1.29 is 18.7 Å². The first kappa shape index (κ1) is 22.3. The molecular weight excluding hydrogens is 399 g/mol. The molecule has 1 heterocycles. The van der Waals surface area contributed by atoms with E-state index in [0.29, 0.717) is 17.9 Å². The van der Waals surface area contributed by atoms with Crippen LogP contribution in [-0.2, 0) is 4.79 Å². The Kier molecular flexibility index (Phi) is 6.89. The van der Waals surface area contributed by atoms with Crippen molar-refractivity contribution in [2.75, 3.05) is 20.7 Å². The number of nitrogens with zero attached hydrogens (tertiary/aromatic N) is 3. The number of nitrogens with one attached hydrogen (secondary N) is 1. The smallest absolute Gasteiger partial charge is 0.317 e. The van der Waals surface area contributed by atoms with Crippen LogP contribution in [0.5, 0.6) is 5.75 Å². The van der Waals surface area contributed by atoms with E-state index < -0.39 is 6.04 Å². The van der Waals surface area contributed by atoms with Crippen molar-refractivity contribution in [1.82, 2.24) is 15.2 Å². The predicted octanol–water partition coefficient (Wildman–Crippen LogP) is 3.56. The van der Waals surface area contributed by atoms with Gasteiger partial charge in [0.05, 0.1) is 18.9 Å². The highest BCUT2D eigenvalue weighted by Crippen LogP contribution is 2.37. The molecule has 0 unspecified atom stereocenters. The topological polar surface area (TPSA) is 74.2 Å². The number of hydrazone groups is 1. The molecule has 1 aliphatic rings. The number of methoxy groups -OCH3 is 1. The molecule has 3 amide bonds. The normalized spacial score (nSPS) is 15.6. The number of para-hydroxylation sites is 1. The van der Waals surface area contributed by atoms with Gasteiger partial charge in [-0.15, -0.1) is 0 Å². The number of rotatable bonds is 6. The second-order valence-electron chi connectivity index (χ2n) is 7.71. The molecule has 7 nitrogen and oxygen atoms in total. The minimum absolute atomic E-state index is 0.0405. The van der Waals surface area contributed by atoms with Crippen molar-refractivity contribution in [1.29, 1.82) is 0 Å². The lowest BCUT2D eigenvalue weighted by molar-refractivity contribution is -0.133. The first-order chi connectivity index (χ1) is 14.8. The van der Waals surface area contributed by atoms with Crippen LogP contribution in [0.1, 0.15) is 37.4 Å². The summed E-state index contributed by atoms with van der Waals surface area (Å²) in [5, 5.41) is 8.72. The summed E-state index contributed by atoms with van der Waals surface area (Å²) < 4.78 is 18.9. The second kappa shape index (κ2) is 9.59. The number of carbonyl (C=O) groups excluding carboxylic acids is 2. The van der Waals surface area contributed by atoms with Gasteiger partial charge in [0.1, 0.15) is 18.1 Å². The van der Waals surface area contributed by atoms with Gasteiger partial charge < -0.3 is 15.0 Å². The number of likely N-dealkylation sites (N-methyl/N-ethyl adjacent to an activating group) is 1. The van der Waals surface area contributed by atoms with Gasteiger partial charge in [0, 0.05) is 25.1 Å². The van der Waals surface area contributed by atoms with Crippen LogP contribution in [0.4, 0.5) is 9.18 Å². The van der Waals surface area contributed by atoms with Gasteiger partial charge in [0.25, 0.3) is 5.91 Å². The third-order valence-electron chi connectivity index (χ3n) is 4.97. The van der Waals surface area contributed by atoms with Gasteiger partial charge in [0.2, 0.25) is 0 Å². The monoisotopic (exact) mass is 426 g/mol. The minimum Gasteiger partial charge on any atom is -0.496 e.